The highest BCUT2D eigenvalue weighted by Gasteiger charge is 2.27. The average Bonchev–Trinajstić information content (AvgIpc) is 3.01. The van der Waals surface area contributed by atoms with Crippen LogP contribution in [0.25, 0.3) is 11.0 Å². The summed E-state index contributed by atoms with van der Waals surface area (Å²) in [6.45, 7) is 1.91. The van der Waals surface area contributed by atoms with Gasteiger partial charge in [0.25, 0.3) is 5.91 Å². The van der Waals surface area contributed by atoms with E-state index in [1.807, 2.05) is 52.7 Å². The Bertz CT molecular complexity index is 1190. The van der Waals surface area contributed by atoms with Crippen LogP contribution in [0.2, 0.25) is 5.02 Å². The van der Waals surface area contributed by atoms with Crippen molar-refractivity contribution in [3.8, 4) is 0 Å². The zero-order valence-corrected chi connectivity index (χ0v) is 20.2. The van der Waals surface area contributed by atoms with Gasteiger partial charge in [0.15, 0.2) is 0 Å². The Morgan fingerprint density at radius 3 is 2.76 bits per heavy atom. The molecule has 3 heterocycles. The number of imidazole rings is 1. The van der Waals surface area contributed by atoms with E-state index in [9.17, 15) is 9.59 Å². The maximum absolute atomic E-state index is 12.9. The summed E-state index contributed by atoms with van der Waals surface area (Å²) in [7, 11) is 3.93. The number of hydrogen-bond donors (Lipinski definition) is 1. The van der Waals surface area contributed by atoms with Gasteiger partial charge in [0.05, 0.1) is 22.1 Å². The molecule has 2 amide bonds. The second kappa shape index (κ2) is 10.8. The molecule has 0 radical (unpaired) electrons. The number of para-hydroxylation sites is 1. The van der Waals surface area contributed by atoms with Gasteiger partial charge in [0.1, 0.15) is 0 Å². The number of nitrogens with one attached hydrogen (secondary N) is 1. The van der Waals surface area contributed by atoms with Crippen molar-refractivity contribution in [2.45, 2.75) is 25.3 Å². The number of nitrogens with zero attached hydrogens (tertiary/aromatic N) is 5. The first-order valence-corrected chi connectivity index (χ1v) is 11.8. The lowest BCUT2D eigenvalue weighted by atomic mass is 10.1. The molecule has 34 heavy (non-hydrogen) atoms. The number of fused-ring (bicyclic) bond motifs is 1. The number of rotatable bonds is 6. The van der Waals surface area contributed by atoms with E-state index in [1.54, 1.807) is 30.6 Å². The van der Waals surface area contributed by atoms with Gasteiger partial charge in [-0.05, 0) is 57.6 Å². The molecule has 0 saturated carbocycles. The van der Waals surface area contributed by atoms with Crippen molar-refractivity contribution in [2.75, 3.05) is 39.0 Å². The smallest absolute Gasteiger partial charge is 0.258 e. The minimum absolute atomic E-state index is 0.00774. The average molecular weight is 481 g/mol. The fourth-order valence-electron chi connectivity index (χ4n) is 4.23. The number of hydrogen-bond acceptors (Lipinski definition) is 5. The standard InChI is InChI=1S/C25H29ClN6O2/c1-30(2)15-6-10-22(33)31-16-4-3-7-19(17-31)32-23-20(26)8-5-9-21(23)28-25(32)29-24(34)18-11-13-27-14-12-18/h5-6,8-14,19H,3-4,7,15-17H2,1-2H3,(H,28,29,34)/b10-6+. The number of anilines is 1. The van der Waals surface area contributed by atoms with Crippen LogP contribution in [0.15, 0.2) is 54.9 Å². The predicted molar refractivity (Wildman–Crippen MR) is 134 cm³/mol. The van der Waals surface area contributed by atoms with Gasteiger partial charge in [-0.15, -0.1) is 0 Å². The van der Waals surface area contributed by atoms with Crippen LogP contribution < -0.4 is 5.32 Å². The maximum Gasteiger partial charge on any atom is 0.258 e. The highest BCUT2D eigenvalue weighted by atomic mass is 35.5. The van der Waals surface area contributed by atoms with Crippen molar-refractivity contribution < 1.29 is 9.59 Å². The summed E-state index contributed by atoms with van der Waals surface area (Å²) in [6.07, 6.45) is 9.40. The lowest BCUT2D eigenvalue weighted by molar-refractivity contribution is -0.126. The first kappa shape index (κ1) is 23.9. The number of carbonyl (C=O) groups excluding carboxylic acids is 2. The number of likely N-dealkylation sites (tertiary alicyclic amines) is 1. The minimum Gasteiger partial charge on any atom is -0.337 e. The molecule has 1 aliphatic rings. The molecule has 3 aromatic rings. The summed E-state index contributed by atoms with van der Waals surface area (Å²) in [6, 6.07) is 8.77. The summed E-state index contributed by atoms with van der Waals surface area (Å²) in [5.74, 6) is 0.141. The molecule has 1 atom stereocenters. The molecular weight excluding hydrogens is 452 g/mol. The Morgan fingerprint density at radius 1 is 1.21 bits per heavy atom. The SMILES string of the molecule is CN(C)C/C=C/C(=O)N1CCCCC(n2c(NC(=O)c3ccncc3)nc3cccc(Cl)c32)C1. The molecule has 1 aromatic carbocycles. The van der Waals surface area contributed by atoms with Crippen molar-refractivity contribution in [1.29, 1.82) is 0 Å². The second-order valence-electron chi connectivity index (χ2n) is 8.70. The fraction of sp³-hybridized carbons (Fsp3) is 0.360. The van der Waals surface area contributed by atoms with Gasteiger partial charge >= 0.3 is 0 Å². The van der Waals surface area contributed by atoms with Crippen LogP contribution >= 0.6 is 11.6 Å². The third-order valence-corrected chi connectivity index (χ3v) is 6.19. The van der Waals surface area contributed by atoms with Gasteiger partial charge in [-0.3, -0.25) is 19.9 Å². The largest absolute Gasteiger partial charge is 0.337 e. The lowest BCUT2D eigenvalue weighted by Crippen LogP contribution is -2.34. The normalized spacial score (nSPS) is 16.8. The zero-order chi connectivity index (χ0) is 24.1. The van der Waals surface area contributed by atoms with Gasteiger partial charge < -0.3 is 14.4 Å². The van der Waals surface area contributed by atoms with E-state index in [1.165, 1.54) is 0 Å². The number of amides is 2. The topological polar surface area (TPSA) is 83.4 Å². The quantitative estimate of drug-likeness (QED) is 0.539. The van der Waals surface area contributed by atoms with Crippen LogP contribution in [0.1, 0.15) is 35.7 Å². The Morgan fingerprint density at radius 2 is 2.00 bits per heavy atom. The first-order valence-electron chi connectivity index (χ1n) is 11.4. The molecule has 8 nitrogen and oxygen atoms in total. The van der Waals surface area contributed by atoms with Gasteiger partial charge in [-0.2, -0.15) is 0 Å². The van der Waals surface area contributed by atoms with Crippen LogP contribution in [-0.2, 0) is 4.79 Å². The van der Waals surface area contributed by atoms with Crippen LogP contribution in [0.5, 0.6) is 0 Å². The molecule has 0 aliphatic carbocycles. The first-order chi connectivity index (χ1) is 16.4. The summed E-state index contributed by atoms with van der Waals surface area (Å²) >= 11 is 6.61. The molecule has 178 valence electrons. The molecule has 4 rings (SSSR count). The molecule has 1 unspecified atom stereocenters. The highest BCUT2D eigenvalue weighted by molar-refractivity contribution is 6.35. The molecule has 9 heteroatoms. The number of halogens is 1. The van der Waals surface area contributed by atoms with E-state index in [-0.39, 0.29) is 17.9 Å². The number of pyridine rings is 1. The molecule has 1 saturated heterocycles. The Kier molecular flexibility index (Phi) is 7.59. The Balaban J connectivity index is 1.67. The van der Waals surface area contributed by atoms with E-state index >= 15 is 0 Å². The number of likely N-dealkylation sites (N-methyl/N-ethyl adjacent to an activating group) is 1. The van der Waals surface area contributed by atoms with Crippen molar-refractivity contribution in [1.82, 2.24) is 24.3 Å². The summed E-state index contributed by atoms with van der Waals surface area (Å²) in [4.78, 5) is 38.4. The molecule has 1 aliphatic heterocycles. The second-order valence-corrected chi connectivity index (χ2v) is 9.11. The summed E-state index contributed by atoms with van der Waals surface area (Å²) in [5, 5.41) is 3.51. The molecule has 1 fully saturated rings. The van der Waals surface area contributed by atoms with Crippen LogP contribution in [0, 0.1) is 0 Å². The van der Waals surface area contributed by atoms with Gasteiger partial charge in [0.2, 0.25) is 11.9 Å². The molecule has 1 N–H and O–H groups in total. The molecule has 0 spiro atoms. The molecule has 0 bridgehead atoms. The molecule has 2 aromatic heterocycles. The maximum atomic E-state index is 12.9. The van der Waals surface area contributed by atoms with Crippen molar-refractivity contribution in [3.05, 3.63) is 65.5 Å². The lowest BCUT2D eigenvalue weighted by Gasteiger charge is -2.26. The van der Waals surface area contributed by atoms with E-state index in [0.29, 0.717) is 41.7 Å². The Hall–Kier alpha value is -3.23. The van der Waals surface area contributed by atoms with Gasteiger partial charge in [-0.1, -0.05) is 23.7 Å². The number of aromatic nitrogens is 3. The monoisotopic (exact) mass is 480 g/mol. The highest BCUT2D eigenvalue weighted by Crippen LogP contribution is 2.34. The van der Waals surface area contributed by atoms with Gasteiger partial charge in [-0.25, -0.2) is 4.98 Å². The zero-order valence-electron chi connectivity index (χ0n) is 19.4. The third-order valence-electron chi connectivity index (χ3n) is 5.88. The van der Waals surface area contributed by atoms with E-state index < -0.39 is 0 Å². The van der Waals surface area contributed by atoms with Crippen molar-refractivity contribution in [2.24, 2.45) is 0 Å². The molecular formula is C25H29ClN6O2. The van der Waals surface area contributed by atoms with Crippen LogP contribution in [-0.4, -0.2) is 69.9 Å². The van der Waals surface area contributed by atoms with Crippen molar-refractivity contribution >= 4 is 40.4 Å². The van der Waals surface area contributed by atoms with E-state index in [0.717, 1.165) is 24.8 Å². The van der Waals surface area contributed by atoms with E-state index in [2.05, 4.69) is 10.3 Å². The minimum atomic E-state index is -0.275. The number of carbonyl (C=O) groups is 2. The summed E-state index contributed by atoms with van der Waals surface area (Å²) < 4.78 is 1.99. The van der Waals surface area contributed by atoms with Crippen LogP contribution in [0.4, 0.5) is 5.95 Å². The van der Waals surface area contributed by atoms with E-state index in [4.69, 9.17) is 16.6 Å². The third kappa shape index (κ3) is 5.46. The number of benzene rings is 1. The fourth-order valence-corrected chi connectivity index (χ4v) is 4.49. The predicted octanol–water partition coefficient (Wildman–Crippen LogP) is 4.01. The van der Waals surface area contributed by atoms with Crippen molar-refractivity contribution in [3.63, 3.8) is 0 Å². The Labute approximate surface area is 204 Å². The summed E-state index contributed by atoms with van der Waals surface area (Å²) in [5.41, 5.74) is 1.95. The van der Waals surface area contributed by atoms with Crippen LogP contribution in [0.3, 0.4) is 0 Å². The van der Waals surface area contributed by atoms with Gasteiger partial charge in [0, 0.05) is 43.7 Å².